The van der Waals surface area contributed by atoms with Crippen LogP contribution in [0, 0.1) is 0 Å². The zero-order valence-corrected chi connectivity index (χ0v) is 16.2. The highest BCUT2D eigenvalue weighted by molar-refractivity contribution is 6.44. The van der Waals surface area contributed by atoms with Crippen molar-refractivity contribution in [3.05, 3.63) is 57.0 Å². The molecule has 6 heteroatoms. The number of carbonyl (C=O) groups is 1. The molecule has 0 radical (unpaired) electrons. The summed E-state index contributed by atoms with van der Waals surface area (Å²) in [5.74, 6) is 0.233. The Morgan fingerprint density at radius 3 is 2.48 bits per heavy atom. The van der Waals surface area contributed by atoms with E-state index in [1.165, 1.54) is 25.0 Å². The van der Waals surface area contributed by atoms with Gasteiger partial charge in [0, 0.05) is 0 Å². The summed E-state index contributed by atoms with van der Waals surface area (Å²) in [6.45, 7) is 2.74. The van der Waals surface area contributed by atoms with Gasteiger partial charge in [0.15, 0.2) is 0 Å². The van der Waals surface area contributed by atoms with Gasteiger partial charge < -0.3 is 10.1 Å². The summed E-state index contributed by atoms with van der Waals surface area (Å²) in [6.07, 6.45) is 4.43. The Morgan fingerprint density at radius 1 is 1.00 bits per heavy atom. The second kappa shape index (κ2) is 9.91. The van der Waals surface area contributed by atoms with Crippen LogP contribution in [0.5, 0.6) is 5.75 Å². The Kier molecular flexibility index (Phi) is 7.89. The van der Waals surface area contributed by atoms with Crippen LogP contribution >= 0.6 is 34.8 Å². The predicted octanol–water partition coefficient (Wildman–Crippen LogP) is 6.86. The molecule has 0 bridgehead atoms. The van der Waals surface area contributed by atoms with Gasteiger partial charge in [-0.3, -0.25) is 4.79 Å². The summed E-state index contributed by atoms with van der Waals surface area (Å²) in [4.78, 5) is 12.6. The molecule has 2 aromatic rings. The third kappa shape index (κ3) is 5.81. The Balaban J connectivity index is 2.08. The van der Waals surface area contributed by atoms with Crippen molar-refractivity contribution in [3.63, 3.8) is 0 Å². The van der Waals surface area contributed by atoms with Crippen LogP contribution in [-0.4, -0.2) is 12.5 Å². The van der Waals surface area contributed by atoms with E-state index in [1.54, 1.807) is 18.2 Å². The van der Waals surface area contributed by atoms with Gasteiger partial charge >= 0.3 is 0 Å². The fourth-order valence-electron chi connectivity index (χ4n) is 2.30. The predicted molar refractivity (Wildman–Crippen MR) is 106 cm³/mol. The molecule has 0 aliphatic carbocycles. The molecule has 0 aliphatic heterocycles. The minimum Gasteiger partial charge on any atom is -0.493 e. The fourth-order valence-corrected chi connectivity index (χ4v) is 2.89. The van der Waals surface area contributed by atoms with E-state index < -0.39 is 0 Å². The number of hydrogen-bond acceptors (Lipinski definition) is 2. The molecule has 25 heavy (non-hydrogen) atoms. The van der Waals surface area contributed by atoms with E-state index in [2.05, 4.69) is 12.2 Å². The SMILES string of the molecule is CCCCCCOc1ccccc1C(=O)Nc1cc(Cl)c(Cl)cc1Cl. The summed E-state index contributed by atoms with van der Waals surface area (Å²) in [5, 5.41) is 3.73. The van der Waals surface area contributed by atoms with Gasteiger partial charge in [-0.05, 0) is 30.7 Å². The van der Waals surface area contributed by atoms with Crippen molar-refractivity contribution in [3.8, 4) is 5.75 Å². The number of carbonyl (C=O) groups excluding carboxylic acids is 1. The third-order valence-electron chi connectivity index (χ3n) is 3.65. The first-order chi connectivity index (χ1) is 12.0. The minimum atomic E-state index is -0.315. The second-order valence-electron chi connectivity index (χ2n) is 5.61. The highest BCUT2D eigenvalue weighted by atomic mass is 35.5. The van der Waals surface area contributed by atoms with Gasteiger partial charge in [0.25, 0.3) is 5.91 Å². The third-order valence-corrected chi connectivity index (χ3v) is 4.68. The molecule has 0 heterocycles. The van der Waals surface area contributed by atoms with Gasteiger partial charge in [-0.15, -0.1) is 0 Å². The lowest BCUT2D eigenvalue weighted by Crippen LogP contribution is -2.14. The first kappa shape index (κ1) is 19.9. The Hall–Kier alpha value is -1.42. The average Bonchev–Trinajstić information content (AvgIpc) is 2.60. The van der Waals surface area contributed by atoms with E-state index in [9.17, 15) is 4.79 Å². The van der Waals surface area contributed by atoms with Crippen LogP contribution in [0.3, 0.4) is 0 Å². The number of hydrogen-bond donors (Lipinski definition) is 1. The monoisotopic (exact) mass is 399 g/mol. The lowest BCUT2D eigenvalue weighted by atomic mass is 10.1. The largest absolute Gasteiger partial charge is 0.493 e. The van der Waals surface area contributed by atoms with Gasteiger partial charge in [-0.2, -0.15) is 0 Å². The molecule has 2 rings (SSSR count). The molecule has 0 saturated carbocycles. The average molecular weight is 401 g/mol. The molecule has 0 fully saturated rings. The minimum absolute atomic E-state index is 0.315. The number of benzene rings is 2. The molecule has 0 aliphatic rings. The van der Waals surface area contributed by atoms with Gasteiger partial charge in [0.05, 0.1) is 32.9 Å². The van der Waals surface area contributed by atoms with Crippen LogP contribution in [0.1, 0.15) is 43.0 Å². The standard InChI is InChI=1S/C19H20Cl3NO2/c1-2-3-4-7-10-25-18-9-6-5-8-13(18)19(24)23-17-12-15(21)14(20)11-16(17)22/h5-6,8-9,11-12H,2-4,7,10H2,1H3,(H,23,24). The maximum absolute atomic E-state index is 12.6. The first-order valence-corrected chi connectivity index (χ1v) is 9.34. The number of rotatable bonds is 8. The summed E-state index contributed by atoms with van der Waals surface area (Å²) in [7, 11) is 0. The number of anilines is 1. The first-order valence-electron chi connectivity index (χ1n) is 8.20. The van der Waals surface area contributed by atoms with Crippen LogP contribution in [-0.2, 0) is 0 Å². The second-order valence-corrected chi connectivity index (χ2v) is 6.83. The Morgan fingerprint density at radius 2 is 1.72 bits per heavy atom. The van der Waals surface area contributed by atoms with Gasteiger partial charge in [-0.25, -0.2) is 0 Å². The van der Waals surface area contributed by atoms with E-state index in [0.29, 0.717) is 38.7 Å². The zero-order valence-electron chi connectivity index (χ0n) is 14.0. The van der Waals surface area contributed by atoms with Gasteiger partial charge in [0.2, 0.25) is 0 Å². The number of unbranched alkanes of at least 4 members (excludes halogenated alkanes) is 3. The molecular weight excluding hydrogens is 381 g/mol. The molecule has 0 aromatic heterocycles. The molecule has 0 unspecified atom stereocenters. The Labute approximate surface area is 163 Å². The van der Waals surface area contributed by atoms with E-state index in [-0.39, 0.29) is 5.91 Å². The molecule has 0 spiro atoms. The van der Waals surface area contributed by atoms with Gasteiger partial charge in [-0.1, -0.05) is 73.1 Å². The lowest BCUT2D eigenvalue weighted by Gasteiger charge is -2.13. The molecule has 134 valence electrons. The molecule has 1 amide bonds. The van der Waals surface area contributed by atoms with Crippen molar-refractivity contribution in [2.24, 2.45) is 0 Å². The lowest BCUT2D eigenvalue weighted by molar-refractivity contribution is 0.102. The summed E-state index contributed by atoms with van der Waals surface area (Å²) in [6, 6.07) is 10.1. The van der Waals surface area contributed by atoms with Crippen LogP contribution in [0.15, 0.2) is 36.4 Å². The zero-order chi connectivity index (χ0) is 18.2. The molecule has 0 atom stereocenters. The quantitative estimate of drug-likeness (QED) is 0.388. The van der Waals surface area contributed by atoms with Crippen LogP contribution in [0.25, 0.3) is 0 Å². The maximum Gasteiger partial charge on any atom is 0.259 e. The van der Waals surface area contributed by atoms with Crippen LogP contribution in [0.4, 0.5) is 5.69 Å². The molecule has 3 nitrogen and oxygen atoms in total. The summed E-state index contributed by atoms with van der Waals surface area (Å²) < 4.78 is 5.77. The molecule has 0 saturated heterocycles. The number of amides is 1. The smallest absolute Gasteiger partial charge is 0.259 e. The number of nitrogens with one attached hydrogen (secondary N) is 1. The number of halogens is 3. The highest BCUT2D eigenvalue weighted by Gasteiger charge is 2.15. The van der Waals surface area contributed by atoms with E-state index in [1.807, 2.05) is 6.07 Å². The van der Waals surface area contributed by atoms with E-state index in [0.717, 1.165) is 12.8 Å². The van der Waals surface area contributed by atoms with E-state index in [4.69, 9.17) is 39.5 Å². The molecular formula is C19H20Cl3NO2. The van der Waals surface area contributed by atoms with Crippen LogP contribution in [0.2, 0.25) is 15.1 Å². The fraction of sp³-hybridized carbons (Fsp3) is 0.316. The topological polar surface area (TPSA) is 38.3 Å². The molecule has 1 N–H and O–H groups in total. The summed E-state index contributed by atoms with van der Waals surface area (Å²) in [5.41, 5.74) is 0.846. The van der Waals surface area contributed by atoms with Crippen molar-refractivity contribution >= 4 is 46.4 Å². The van der Waals surface area contributed by atoms with Crippen LogP contribution < -0.4 is 10.1 Å². The van der Waals surface area contributed by atoms with Crippen molar-refractivity contribution < 1.29 is 9.53 Å². The molecule has 2 aromatic carbocycles. The Bertz CT molecular complexity index is 735. The van der Waals surface area contributed by atoms with Crippen molar-refractivity contribution in [2.75, 3.05) is 11.9 Å². The number of para-hydroxylation sites is 1. The van der Waals surface area contributed by atoms with E-state index >= 15 is 0 Å². The van der Waals surface area contributed by atoms with Gasteiger partial charge in [0.1, 0.15) is 5.75 Å². The van der Waals surface area contributed by atoms with Crippen molar-refractivity contribution in [1.29, 1.82) is 0 Å². The van der Waals surface area contributed by atoms with Crippen molar-refractivity contribution in [1.82, 2.24) is 0 Å². The highest BCUT2D eigenvalue weighted by Crippen LogP contribution is 2.33. The van der Waals surface area contributed by atoms with Crippen molar-refractivity contribution in [2.45, 2.75) is 32.6 Å². The number of ether oxygens (including phenoxy) is 1. The summed E-state index contributed by atoms with van der Waals surface area (Å²) >= 11 is 18.0. The maximum atomic E-state index is 12.6. The normalized spacial score (nSPS) is 10.6.